The molecule has 0 saturated heterocycles. The SMILES string of the molecule is Nc1ccc(-c2nc3c(c(=O)[nH]2)CN(Cc2cccc(-c4ccc(Cl)cc4)n2)CC3)cc1. The maximum atomic E-state index is 12.8. The van der Waals surface area contributed by atoms with Gasteiger partial charge in [0.25, 0.3) is 5.56 Å². The Morgan fingerprint density at radius 3 is 2.50 bits per heavy atom. The van der Waals surface area contributed by atoms with Crippen molar-refractivity contribution in [2.45, 2.75) is 19.5 Å². The number of H-pyrrole nitrogens is 1. The number of anilines is 1. The third-order valence-electron chi connectivity index (χ3n) is 5.66. The van der Waals surface area contributed by atoms with Gasteiger partial charge in [0.15, 0.2) is 0 Å². The van der Waals surface area contributed by atoms with E-state index >= 15 is 0 Å². The second-order valence-corrected chi connectivity index (χ2v) is 8.38. The highest BCUT2D eigenvalue weighted by atomic mass is 35.5. The summed E-state index contributed by atoms with van der Waals surface area (Å²) in [6.07, 6.45) is 0.720. The Labute approximate surface area is 190 Å². The van der Waals surface area contributed by atoms with Gasteiger partial charge in [-0.25, -0.2) is 4.98 Å². The molecule has 0 atom stereocenters. The van der Waals surface area contributed by atoms with E-state index in [1.54, 1.807) is 0 Å². The highest BCUT2D eigenvalue weighted by Crippen LogP contribution is 2.23. The number of nitrogens with two attached hydrogens (primary N) is 1. The van der Waals surface area contributed by atoms with Crippen LogP contribution in [0.3, 0.4) is 0 Å². The van der Waals surface area contributed by atoms with Gasteiger partial charge in [-0.15, -0.1) is 0 Å². The zero-order chi connectivity index (χ0) is 22.1. The van der Waals surface area contributed by atoms with Crippen LogP contribution in [0.2, 0.25) is 5.02 Å². The fourth-order valence-corrected chi connectivity index (χ4v) is 4.10. The molecule has 2 aromatic carbocycles. The molecule has 0 spiro atoms. The number of aromatic amines is 1. The van der Waals surface area contributed by atoms with Crippen molar-refractivity contribution in [2.75, 3.05) is 12.3 Å². The summed E-state index contributed by atoms with van der Waals surface area (Å²) in [7, 11) is 0. The summed E-state index contributed by atoms with van der Waals surface area (Å²) in [6, 6.07) is 21.0. The molecule has 0 aliphatic carbocycles. The number of nitrogen functional groups attached to an aromatic ring is 1. The van der Waals surface area contributed by atoms with Crippen molar-refractivity contribution in [1.29, 1.82) is 0 Å². The summed E-state index contributed by atoms with van der Waals surface area (Å²) in [6.45, 7) is 2.03. The summed E-state index contributed by atoms with van der Waals surface area (Å²) < 4.78 is 0. The van der Waals surface area contributed by atoms with Gasteiger partial charge in [-0.2, -0.15) is 0 Å². The molecule has 0 unspecified atom stereocenters. The van der Waals surface area contributed by atoms with E-state index in [2.05, 4.69) is 9.88 Å². The van der Waals surface area contributed by atoms with Gasteiger partial charge in [-0.1, -0.05) is 29.8 Å². The Balaban J connectivity index is 1.35. The van der Waals surface area contributed by atoms with Crippen LogP contribution in [0.15, 0.2) is 71.5 Å². The third-order valence-corrected chi connectivity index (χ3v) is 5.92. The molecule has 7 heteroatoms. The zero-order valence-corrected chi connectivity index (χ0v) is 18.1. The van der Waals surface area contributed by atoms with Gasteiger partial charge in [-0.3, -0.25) is 14.7 Å². The van der Waals surface area contributed by atoms with Crippen molar-refractivity contribution < 1.29 is 0 Å². The van der Waals surface area contributed by atoms with E-state index in [0.29, 0.717) is 29.6 Å². The monoisotopic (exact) mass is 443 g/mol. The Morgan fingerprint density at radius 1 is 0.969 bits per heavy atom. The zero-order valence-electron chi connectivity index (χ0n) is 17.4. The van der Waals surface area contributed by atoms with Crippen molar-refractivity contribution in [3.63, 3.8) is 0 Å². The lowest BCUT2D eigenvalue weighted by Gasteiger charge is -2.27. The van der Waals surface area contributed by atoms with Gasteiger partial charge in [0.05, 0.1) is 22.6 Å². The number of fused-ring (bicyclic) bond motifs is 1. The van der Waals surface area contributed by atoms with Gasteiger partial charge >= 0.3 is 0 Å². The number of benzene rings is 2. The van der Waals surface area contributed by atoms with Crippen molar-refractivity contribution in [3.8, 4) is 22.6 Å². The molecule has 3 N–H and O–H groups in total. The molecule has 160 valence electrons. The topological polar surface area (TPSA) is 87.9 Å². The van der Waals surface area contributed by atoms with E-state index in [1.165, 1.54) is 0 Å². The maximum Gasteiger partial charge on any atom is 0.255 e. The number of nitrogens with one attached hydrogen (secondary N) is 1. The van der Waals surface area contributed by atoms with E-state index in [9.17, 15) is 4.79 Å². The minimum absolute atomic E-state index is 0.0885. The van der Waals surface area contributed by atoms with Crippen LogP contribution in [0.5, 0.6) is 0 Å². The number of pyridine rings is 1. The summed E-state index contributed by atoms with van der Waals surface area (Å²) >= 11 is 6.00. The average molecular weight is 444 g/mol. The van der Waals surface area contributed by atoms with E-state index in [-0.39, 0.29) is 5.56 Å². The number of nitrogens with zero attached hydrogens (tertiary/aromatic N) is 3. The molecule has 0 bridgehead atoms. The van der Waals surface area contributed by atoms with Gasteiger partial charge in [0.2, 0.25) is 0 Å². The van der Waals surface area contributed by atoms with Crippen LogP contribution in [0, 0.1) is 0 Å². The number of rotatable bonds is 4. The Hall–Kier alpha value is -3.48. The minimum Gasteiger partial charge on any atom is -0.399 e. The standard InChI is InChI=1S/C25H22ClN5O/c26-18-8-4-16(5-9-18)22-3-1-2-20(28-22)14-31-13-12-23-21(15-31)25(32)30-24(29-23)17-6-10-19(27)11-7-17/h1-11H,12-15,27H2,(H,29,30,32). The summed E-state index contributed by atoms with van der Waals surface area (Å²) in [5.74, 6) is 0.583. The fraction of sp³-hybridized carbons (Fsp3) is 0.160. The molecule has 3 heterocycles. The lowest BCUT2D eigenvalue weighted by Crippen LogP contribution is -2.35. The van der Waals surface area contributed by atoms with Gasteiger partial charge in [-0.05, 0) is 48.5 Å². The van der Waals surface area contributed by atoms with Crippen molar-refractivity contribution in [2.24, 2.45) is 0 Å². The van der Waals surface area contributed by atoms with Gasteiger partial charge in [0.1, 0.15) is 5.82 Å². The second-order valence-electron chi connectivity index (χ2n) is 7.94. The molecule has 2 aromatic heterocycles. The Morgan fingerprint density at radius 2 is 1.72 bits per heavy atom. The first-order chi connectivity index (χ1) is 15.5. The number of aromatic nitrogens is 3. The lowest BCUT2D eigenvalue weighted by atomic mass is 10.1. The minimum atomic E-state index is -0.0885. The van der Waals surface area contributed by atoms with Crippen molar-refractivity contribution >= 4 is 17.3 Å². The highest BCUT2D eigenvalue weighted by Gasteiger charge is 2.22. The maximum absolute atomic E-state index is 12.8. The molecule has 0 fully saturated rings. The lowest BCUT2D eigenvalue weighted by molar-refractivity contribution is 0.239. The Kier molecular flexibility index (Phi) is 5.47. The number of hydrogen-bond donors (Lipinski definition) is 2. The van der Waals surface area contributed by atoms with Crippen LogP contribution >= 0.6 is 11.6 Å². The summed E-state index contributed by atoms with van der Waals surface area (Å²) in [4.78, 5) is 27.5. The normalized spacial score (nSPS) is 13.7. The molecule has 5 rings (SSSR count). The van der Waals surface area contributed by atoms with Crippen molar-refractivity contribution in [1.82, 2.24) is 19.9 Å². The molecular formula is C25H22ClN5O. The van der Waals surface area contributed by atoms with E-state index in [0.717, 1.165) is 46.7 Å². The van der Waals surface area contributed by atoms with Crippen molar-refractivity contribution in [3.05, 3.63) is 99.1 Å². The summed E-state index contributed by atoms with van der Waals surface area (Å²) in [5.41, 5.74) is 11.7. The first-order valence-corrected chi connectivity index (χ1v) is 10.9. The number of halogens is 1. The van der Waals surface area contributed by atoms with Crippen LogP contribution in [0.25, 0.3) is 22.6 Å². The first kappa shape index (κ1) is 20.4. The third kappa shape index (κ3) is 4.28. The van der Waals surface area contributed by atoms with Gasteiger partial charge < -0.3 is 10.7 Å². The predicted molar refractivity (Wildman–Crippen MR) is 127 cm³/mol. The first-order valence-electron chi connectivity index (χ1n) is 10.5. The molecular weight excluding hydrogens is 422 g/mol. The molecule has 1 aliphatic rings. The largest absolute Gasteiger partial charge is 0.399 e. The number of hydrogen-bond acceptors (Lipinski definition) is 5. The molecule has 0 amide bonds. The van der Waals surface area contributed by atoms with Crippen LogP contribution in [-0.4, -0.2) is 26.4 Å². The van der Waals surface area contributed by atoms with Crippen LogP contribution < -0.4 is 11.3 Å². The smallest absolute Gasteiger partial charge is 0.255 e. The van der Waals surface area contributed by atoms with Crippen LogP contribution in [0.4, 0.5) is 5.69 Å². The fourth-order valence-electron chi connectivity index (χ4n) is 3.97. The van der Waals surface area contributed by atoms with E-state index in [1.807, 2.05) is 66.7 Å². The molecule has 6 nitrogen and oxygen atoms in total. The van der Waals surface area contributed by atoms with E-state index < -0.39 is 0 Å². The molecule has 32 heavy (non-hydrogen) atoms. The predicted octanol–water partition coefficient (Wildman–Crippen LogP) is 4.29. The second kappa shape index (κ2) is 8.57. The highest BCUT2D eigenvalue weighted by molar-refractivity contribution is 6.30. The summed E-state index contributed by atoms with van der Waals surface area (Å²) in [5, 5.41) is 0.704. The molecule has 1 aliphatic heterocycles. The molecule has 0 saturated carbocycles. The Bertz CT molecular complexity index is 1320. The van der Waals surface area contributed by atoms with Gasteiger partial charge in [0, 0.05) is 47.9 Å². The quantitative estimate of drug-likeness (QED) is 0.459. The molecule has 4 aromatic rings. The van der Waals surface area contributed by atoms with Crippen LogP contribution in [-0.2, 0) is 19.5 Å². The molecule has 0 radical (unpaired) electrons. The van der Waals surface area contributed by atoms with Crippen LogP contribution in [0.1, 0.15) is 17.0 Å². The average Bonchev–Trinajstić information content (AvgIpc) is 2.80. The van der Waals surface area contributed by atoms with E-state index in [4.69, 9.17) is 27.3 Å².